The van der Waals surface area contributed by atoms with Crippen molar-refractivity contribution in [2.24, 2.45) is 0 Å². The highest BCUT2D eigenvalue weighted by Gasteiger charge is 2.31. The molecule has 0 radical (unpaired) electrons. The minimum atomic E-state index is -4.56. The van der Waals surface area contributed by atoms with Gasteiger partial charge < -0.3 is 4.74 Å². The summed E-state index contributed by atoms with van der Waals surface area (Å²) in [5.74, 6) is -1.78. The minimum Gasteiger partial charge on any atom is -0.465 e. The van der Waals surface area contributed by atoms with Crippen LogP contribution in [-0.4, -0.2) is 42.2 Å². The molecule has 13 heteroatoms. The Kier molecular flexibility index (Phi) is 6.03. The van der Waals surface area contributed by atoms with Gasteiger partial charge >= 0.3 is 12.1 Å². The van der Waals surface area contributed by atoms with E-state index in [4.69, 9.17) is 0 Å². The van der Waals surface area contributed by atoms with Crippen LogP contribution in [0.4, 0.5) is 13.2 Å². The molecule has 0 aliphatic rings. The number of hydrogen-bond acceptors (Lipinski definition) is 7. The summed E-state index contributed by atoms with van der Waals surface area (Å²) in [6.07, 6.45) is -2.88. The zero-order valence-corrected chi connectivity index (χ0v) is 17.4. The van der Waals surface area contributed by atoms with Crippen molar-refractivity contribution in [3.63, 3.8) is 0 Å². The van der Waals surface area contributed by atoms with Gasteiger partial charge in [-0.15, -0.1) is 0 Å². The monoisotopic (exact) mass is 468 g/mol. The predicted molar refractivity (Wildman–Crippen MR) is 104 cm³/mol. The lowest BCUT2D eigenvalue weighted by atomic mass is 10.2. The Balaban J connectivity index is 1.85. The maximum atomic E-state index is 12.7. The fourth-order valence-corrected chi connectivity index (χ4v) is 3.70. The lowest BCUT2D eigenvalue weighted by Crippen LogP contribution is -2.31. The molecule has 1 amide bonds. The summed E-state index contributed by atoms with van der Waals surface area (Å²) in [5.41, 5.74) is -0.975. The van der Waals surface area contributed by atoms with Crippen LogP contribution in [0.15, 0.2) is 53.7 Å². The van der Waals surface area contributed by atoms with Crippen LogP contribution in [0.3, 0.4) is 0 Å². The highest BCUT2D eigenvalue weighted by Crippen LogP contribution is 2.28. The molecule has 0 fully saturated rings. The number of sulfonamides is 1. The molecular formula is C19H15F3N4O5S. The van der Waals surface area contributed by atoms with Gasteiger partial charge in [-0.05, 0) is 37.3 Å². The van der Waals surface area contributed by atoms with Crippen LogP contribution in [0.25, 0.3) is 5.82 Å². The lowest BCUT2D eigenvalue weighted by Gasteiger charge is -2.09. The Morgan fingerprint density at radius 2 is 1.84 bits per heavy atom. The Morgan fingerprint density at radius 3 is 2.44 bits per heavy atom. The van der Waals surface area contributed by atoms with Gasteiger partial charge in [-0.1, -0.05) is 6.07 Å². The Hall–Kier alpha value is -3.74. The largest absolute Gasteiger partial charge is 0.465 e. The van der Waals surface area contributed by atoms with Gasteiger partial charge in [0.25, 0.3) is 15.9 Å². The van der Waals surface area contributed by atoms with Crippen LogP contribution in [-0.2, 0) is 20.9 Å². The van der Waals surface area contributed by atoms with E-state index in [0.717, 1.165) is 36.2 Å². The molecule has 9 nitrogen and oxygen atoms in total. The number of ether oxygens (including phenoxy) is 1. The van der Waals surface area contributed by atoms with Crippen LogP contribution in [0, 0.1) is 6.92 Å². The number of nitrogens with one attached hydrogen (secondary N) is 1. The molecule has 0 unspecified atom stereocenters. The second-order valence-electron chi connectivity index (χ2n) is 6.41. The molecule has 0 saturated heterocycles. The molecule has 0 atom stereocenters. The zero-order valence-electron chi connectivity index (χ0n) is 16.5. The van der Waals surface area contributed by atoms with Crippen LogP contribution in [0.5, 0.6) is 0 Å². The SMILES string of the molecule is COC(=O)c1cccc(S(=O)(=O)NC(=O)c2cnn(-c3ccc(C(F)(F)F)cn3)c2C)c1. The second-order valence-corrected chi connectivity index (χ2v) is 8.09. The molecule has 168 valence electrons. The van der Waals surface area contributed by atoms with Gasteiger partial charge in [-0.3, -0.25) is 4.79 Å². The van der Waals surface area contributed by atoms with E-state index in [9.17, 15) is 31.2 Å². The summed E-state index contributed by atoms with van der Waals surface area (Å²) in [4.78, 5) is 27.5. The van der Waals surface area contributed by atoms with E-state index < -0.39 is 33.6 Å². The number of nitrogens with zero attached hydrogens (tertiary/aromatic N) is 3. The van der Waals surface area contributed by atoms with Crippen molar-refractivity contribution in [3.05, 3.63) is 71.2 Å². The molecule has 2 aromatic heterocycles. The van der Waals surface area contributed by atoms with Crippen molar-refractivity contribution >= 4 is 21.9 Å². The van der Waals surface area contributed by atoms with Crippen LogP contribution >= 0.6 is 0 Å². The molecule has 0 spiro atoms. The summed E-state index contributed by atoms with van der Waals surface area (Å²) in [6.45, 7) is 1.42. The third kappa shape index (κ3) is 4.61. The quantitative estimate of drug-likeness (QED) is 0.571. The van der Waals surface area contributed by atoms with E-state index in [1.54, 1.807) is 0 Å². The van der Waals surface area contributed by atoms with Crippen molar-refractivity contribution < 1.29 is 35.9 Å². The van der Waals surface area contributed by atoms with Crippen LogP contribution in [0.2, 0.25) is 0 Å². The Bertz CT molecular complexity index is 1290. The van der Waals surface area contributed by atoms with E-state index >= 15 is 0 Å². The van der Waals surface area contributed by atoms with Gasteiger partial charge in [0.15, 0.2) is 5.82 Å². The fraction of sp³-hybridized carbons (Fsp3) is 0.158. The number of carbonyl (C=O) groups excluding carboxylic acids is 2. The van der Waals surface area contributed by atoms with E-state index in [0.29, 0.717) is 6.20 Å². The van der Waals surface area contributed by atoms with Gasteiger partial charge in [0.1, 0.15) is 0 Å². The number of benzene rings is 1. The van der Waals surface area contributed by atoms with Crippen molar-refractivity contribution in [1.29, 1.82) is 0 Å². The summed E-state index contributed by atoms with van der Waals surface area (Å²) < 4.78 is 70.7. The topological polar surface area (TPSA) is 120 Å². The van der Waals surface area contributed by atoms with Crippen molar-refractivity contribution in [3.8, 4) is 5.82 Å². The zero-order chi connectivity index (χ0) is 23.7. The molecule has 0 saturated carbocycles. The average molecular weight is 468 g/mol. The Morgan fingerprint density at radius 1 is 1.12 bits per heavy atom. The van der Waals surface area contributed by atoms with Gasteiger partial charge in [0.2, 0.25) is 0 Å². The summed E-state index contributed by atoms with van der Waals surface area (Å²) in [5, 5.41) is 3.91. The van der Waals surface area contributed by atoms with Crippen LogP contribution in [0.1, 0.15) is 32.0 Å². The second kappa shape index (κ2) is 8.42. The number of methoxy groups -OCH3 is 1. The molecule has 3 aromatic rings. The molecule has 3 rings (SSSR count). The van der Waals surface area contributed by atoms with E-state index in [1.165, 1.54) is 25.1 Å². The first-order valence-corrected chi connectivity index (χ1v) is 10.3. The molecule has 0 aliphatic heterocycles. The first-order valence-electron chi connectivity index (χ1n) is 8.78. The molecule has 0 bridgehead atoms. The van der Waals surface area contributed by atoms with Gasteiger partial charge in [0, 0.05) is 6.20 Å². The molecule has 32 heavy (non-hydrogen) atoms. The number of carbonyl (C=O) groups is 2. The highest BCUT2D eigenvalue weighted by molar-refractivity contribution is 7.90. The summed E-state index contributed by atoms with van der Waals surface area (Å²) in [6, 6.07) is 6.76. The number of halogens is 3. The van der Waals surface area contributed by atoms with Crippen molar-refractivity contribution in [1.82, 2.24) is 19.5 Å². The highest BCUT2D eigenvalue weighted by atomic mass is 32.2. The van der Waals surface area contributed by atoms with Crippen molar-refractivity contribution in [2.75, 3.05) is 7.11 Å². The number of rotatable bonds is 5. The third-order valence-corrected chi connectivity index (χ3v) is 5.67. The normalized spacial score (nSPS) is 11.8. The minimum absolute atomic E-state index is 0.00295. The lowest BCUT2D eigenvalue weighted by molar-refractivity contribution is -0.137. The summed E-state index contributed by atoms with van der Waals surface area (Å²) in [7, 11) is -3.21. The fourth-order valence-electron chi connectivity index (χ4n) is 2.69. The number of hydrogen-bond donors (Lipinski definition) is 1. The number of pyridine rings is 1. The first-order chi connectivity index (χ1) is 14.9. The summed E-state index contributed by atoms with van der Waals surface area (Å²) >= 11 is 0. The first kappa shape index (κ1) is 22.9. The number of amides is 1. The standard InChI is InChI=1S/C19H15F3N4O5S/c1-11-15(10-24-26(11)16-7-6-13(9-23-16)19(20,21)22)17(27)25-32(29,30)14-5-3-4-12(8-14)18(28)31-2/h3-10H,1-2H3,(H,25,27). The molecular weight excluding hydrogens is 453 g/mol. The Labute approximate surface area is 179 Å². The van der Waals surface area contributed by atoms with E-state index in [1.807, 2.05) is 4.72 Å². The number of esters is 1. The van der Waals surface area contributed by atoms with Crippen molar-refractivity contribution in [2.45, 2.75) is 18.0 Å². The van der Waals surface area contributed by atoms with Crippen LogP contribution < -0.4 is 4.72 Å². The average Bonchev–Trinajstić information content (AvgIpc) is 3.14. The smallest absolute Gasteiger partial charge is 0.417 e. The van der Waals surface area contributed by atoms with Gasteiger partial charge in [-0.25, -0.2) is 27.6 Å². The molecule has 1 aromatic carbocycles. The molecule has 2 heterocycles. The third-order valence-electron chi connectivity index (χ3n) is 4.34. The number of aromatic nitrogens is 3. The molecule has 0 aliphatic carbocycles. The molecule has 1 N–H and O–H groups in total. The van der Waals surface area contributed by atoms with E-state index in [-0.39, 0.29) is 27.5 Å². The number of alkyl halides is 3. The maximum Gasteiger partial charge on any atom is 0.417 e. The predicted octanol–water partition coefficient (Wildman–Crippen LogP) is 2.50. The van der Waals surface area contributed by atoms with Gasteiger partial charge in [-0.2, -0.15) is 18.3 Å². The maximum absolute atomic E-state index is 12.7. The van der Waals surface area contributed by atoms with E-state index in [2.05, 4.69) is 14.8 Å². The van der Waals surface area contributed by atoms with Gasteiger partial charge in [0.05, 0.1) is 40.6 Å².